The first-order valence-electron chi connectivity index (χ1n) is 7.75. The largest absolute Gasteiger partial charge is 0.355 e. The molecule has 0 aromatic heterocycles. The summed E-state index contributed by atoms with van der Waals surface area (Å²) in [6, 6.07) is 0. The van der Waals surface area contributed by atoms with Crippen LogP contribution in [-0.4, -0.2) is 88.0 Å². The van der Waals surface area contributed by atoms with Gasteiger partial charge < -0.3 is 10.2 Å². The number of aliphatic imine (C=N–C) groups is 1. The lowest BCUT2D eigenvalue weighted by Gasteiger charge is -2.39. The van der Waals surface area contributed by atoms with Crippen molar-refractivity contribution >= 4 is 25.8 Å². The Hall–Kier alpha value is -0.870. The quantitative estimate of drug-likeness (QED) is 0.514. The lowest BCUT2D eigenvalue weighted by molar-refractivity contribution is 0.351. The van der Waals surface area contributed by atoms with E-state index in [9.17, 15) is 16.8 Å². The number of hydrogen-bond donors (Lipinski definition) is 1. The van der Waals surface area contributed by atoms with E-state index in [1.165, 1.54) is 4.31 Å². The third-order valence-electron chi connectivity index (χ3n) is 4.40. The molecule has 2 rings (SSSR count). The van der Waals surface area contributed by atoms with E-state index in [1.54, 1.807) is 20.9 Å². The molecule has 0 atom stereocenters. The minimum atomic E-state index is -3.10. The first-order valence-corrected chi connectivity index (χ1v) is 11.0. The van der Waals surface area contributed by atoms with E-state index in [-0.39, 0.29) is 11.5 Å². The molecule has 1 N–H and O–H groups in total. The molecular formula is C13H26N4O4S2. The van der Waals surface area contributed by atoms with E-state index in [4.69, 9.17) is 0 Å². The van der Waals surface area contributed by atoms with Crippen molar-refractivity contribution in [3.05, 3.63) is 0 Å². The van der Waals surface area contributed by atoms with Gasteiger partial charge in [0.05, 0.1) is 16.3 Å². The molecule has 2 heterocycles. The molecule has 23 heavy (non-hydrogen) atoms. The summed E-state index contributed by atoms with van der Waals surface area (Å²) in [7, 11) is -4.54. The third-order valence-corrected chi connectivity index (χ3v) is 8.89. The van der Waals surface area contributed by atoms with Crippen LogP contribution in [0.3, 0.4) is 0 Å². The van der Waals surface area contributed by atoms with Gasteiger partial charge in [-0.05, 0) is 20.3 Å². The Kier molecular flexibility index (Phi) is 5.27. The van der Waals surface area contributed by atoms with Gasteiger partial charge in [0.2, 0.25) is 10.0 Å². The topological polar surface area (TPSA) is 99.2 Å². The molecule has 0 spiro atoms. The van der Waals surface area contributed by atoms with E-state index >= 15 is 0 Å². The highest BCUT2D eigenvalue weighted by Gasteiger charge is 2.41. The maximum Gasteiger partial charge on any atom is 0.214 e. The SMILES string of the molecule is CN=C(NCCN1CCCS1(=O)=O)N1CCS(=O)(=O)C(C)(C)C1. The average molecular weight is 367 g/mol. The molecule has 2 aliphatic rings. The van der Waals surface area contributed by atoms with Gasteiger partial charge in [-0.25, -0.2) is 21.1 Å². The van der Waals surface area contributed by atoms with Gasteiger partial charge in [0.15, 0.2) is 15.8 Å². The van der Waals surface area contributed by atoms with Crippen molar-refractivity contribution in [1.29, 1.82) is 0 Å². The summed E-state index contributed by atoms with van der Waals surface area (Å²) in [4.78, 5) is 6.11. The fourth-order valence-corrected chi connectivity index (χ4v) is 5.79. The minimum Gasteiger partial charge on any atom is -0.355 e. The van der Waals surface area contributed by atoms with E-state index in [0.29, 0.717) is 45.1 Å². The van der Waals surface area contributed by atoms with Crippen molar-refractivity contribution in [3.63, 3.8) is 0 Å². The van der Waals surface area contributed by atoms with Gasteiger partial charge in [0.1, 0.15) is 0 Å². The van der Waals surface area contributed by atoms with Crippen LogP contribution in [0.15, 0.2) is 4.99 Å². The lowest BCUT2D eigenvalue weighted by atomic mass is 10.2. The molecule has 134 valence electrons. The Balaban J connectivity index is 1.92. The van der Waals surface area contributed by atoms with Gasteiger partial charge in [-0.3, -0.25) is 4.99 Å². The fourth-order valence-electron chi connectivity index (χ4n) is 2.89. The number of sulfone groups is 1. The van der Waals surface area contributed by atoms with Crippen molar-refractivity contribution in [3.8, 4) is 0 Å². The number of rotatable bonds is 3. The van der Waals surface area contributed by atoms with Gasteiger partial charge in [0.25, 0.3) is 0 Å². The lowest BCUT2D eigenvalue weighted by Crippen LogP contribution is -2.57. The van der Waals surface area contributed by atoms with Crippen LogP contribution in [-0.2, 0) is 19.9 Å². The molecule has 2 fully saturated rings. The summed E-state index contributed by atoms with van der Waals surface area (Å²) in [5.74, 6) is 0.936. The van der Waals surface area contributed by atoms with Crippen molar-refractivity contribution in [2.24, 2.45) is 4.99 Å². The van der Waals surface area contributed by atoms with Crippen molar-refractivity contribution in [1.82, 2.24) is 14.5 Å². The smallest absolute Gasteiger partial charge is 0.214 e. The Morgan fingerprint density at radius 1 is 1.17 bits per heavy atom. The summed E-state index contributed by atoms with van der Waals surface area (Å²) in [5, 5.41) is 3.14. The highest BCUT2D eigenvalue weighted by atomic mass is 32.2. The normalized spacial score (nSPS) is 27.1. The maximum atomic E-state index is 12.1. The molecule has 0 amide bonds. The van der Waals surface area contributed by atoms with Crippen LogP contribution >= 0.6 is 0 Å². The van der Waals surface area contributed by atoms with E-state index in [0.717, 1.165) is 0 Å². The molecule has 0 unspecified atom stereocenters. The van der Waals surface area contributed by atoms with Crippen LogP contribution in [0, 0.1) is 0 Å². The molecular weight excluding hydrogens is 340 g/mol. The molecule has 0 bridgehead atoms. The number of nitrogens with zero attached hydrogens (tertiary/aromatic N) is 3. The van der Waals surface area contributed by atoms with Crippen molar-refractivity contribution in [2.75, 3.05) is 51.3 Å². The van der Waals surface area contributed by atoms with Crippen LogP contribution in [0.2, 0.25) is 0 Å². The van der Waals surface area contributed by atoms with Gasteiger partial charge >= 0.3 is 0 Å². The zero-order valence-electron chi connectivity index (χ0n) is 13.9. The van der Waals surface area contributed by atoms with Gasteiger partial charge in [-0.2, -0.15) is 0 Å². The average Bonchev–Trinajstić information content (AvgIpc) is 2.77. The summed E-state index contributed by atoms with van der Waals surface area (Å²) in [6.07, 6.45) is 0.676. The number of guanidine groups is 1. The third kappa shape index (κ3) is 3.97. The van der Waals surface area contributed by atoms with Gasteiger partial charge in [-0.15, -0.1) is 0 Å². The highest BCUT2D eigenvalue weighted by Crippen LogP contribution is 2.23. The minimum absolute atomic E-state index is 0.0984. The molecule has 0 aromatic rings. The summed E-state index contributed by atoms with van der Waals surface area (Å²) in [5.41, 5.74) is 0. The molecule has 0 aliphatic carbocycles. The summed E-state index contributed by atoms with van der Waals surface area (Å²) in [6.45, 7) is 5.63. The zero-order valence-corrected chi connectivity index (χ0v) is 15.6. The predicted octanol–water partition coefficient (Wildman–Crippen LogP) is -0.894. The van der Waals surface area contributed by atoms with Crippen LogP contribution in [0.25, 0.3) is 0 Å². The summed E-state index contributed by atoms with van der Waals surface area (Å²) >= 11 is 0. The molecule has 10 heteroatoms. The number of sulfonamides is 1. The van der Waals surface area contributed by atoms with Gasteiger partial charge in [0, 0.05) is 39.8 Å². The van der Waals surface area contributed by atoms with E-state index in [1.807, 2.05) is 4.90 Å². The first-order chi connectivity index (χ1) is 10.6. The monoisotopic (exact) mass is 366 g/mol. The first kappa shape index (κ1) is 18.5. The summed E-state index contributed by atoms with van der Waals surface area (Å²) < 4.78 is 48.3. The Labute approximate surface area is 138 Å². The second-order valence-electron chi connectivity index (χ2n) is 6.54. The van der Waals surface area contributed by atoms with Crippen LogP contribution < -0.4 is 5.32 Å². The van der Waals surface area contributed by atoms with Crippen LogP contribution in [0.4, 0.5) is 0 Å². The Morgan fingerprint density at radius 2 is 1.87 bits per heavy atom. The molecule has 2 saturated heterocycles. The molecule has 2 aliphatic heterocycles. The van der Waals surface area contributed by atoms with Crippen molar-refractivity contribution in [2.45, 2.75) is 25.0 Å². The maximum absolute atomic E-state index is 12.1. The van der Waals surface area contributed by atoms with E-state index in [2.05, 4.69) is 10.3 Å². The predicted molar refractivity (Wildman–Crippen MR) is 90.8 cm³/mol. The Bertz CT molecular complexity index is 670. The van der Waals surface area contributed by atoms with Crippen LogP contribution in [0.1, 0.15) is 20.3 Å². The highest BCUT2D eigenvalue weighted by molar-refractivity contribution is 7.92. The molecule has 0 radical (unpaired) electrons. The fraction of sp³-hybridized carbons (Fsp3) is 0.923. The second-order valence-corrected chi connectivity index (χ2v) is 11.4. The molecule has 0 aromatic carbocycles. The Morgan fingerprint density at radius 3 is 2.39 bits per heavy atom. The van der Waals surface area contributed by atoms with Gasteiger partial charge in [-0.1, -0.05) is 0 Å². The molecule has 8 nitrogen and oxygen atoms in total. The standard InChI is InChI=1S/C13H26N4O4S2/c1-13(2)11-16(8-10-22(13,18)19)12(14-3)15-5-7-17-6-4-9-23(17,20)21/h4-11H2,1-3H3,(H,14,15). The number of hydrogen-bond acceptors (Lipinski definition) is 5. The molecule has 0 saturated carbocycles. The second kappa shape index (κ2) is 6.56. The van der Waals surface area contributed by atoms with E-state index < -0.39 is 24.6 Å². The zero-order chi connectivity index (χ0) is 17.3. The number of nitrogens with one attached hydrogen (secondary N) is 1. The van der Waals surface area contributed by atoms with Crippen molar-refractivity contribution < 1.29 is 16.8 Å². The van der Waals surface area contributed by atoms with Crippen LogP contribution in [0.5, 0.6) is 0 Å².